The van der Waals surface area contributed by atoms with Gasteiger partial charge in [-0.2, -0.15) is 13.2 Å². The number of nitro groups is 1. The smallest absolute Gasteiger partial charge is 0.475 e. The van der Waals surface area contributed by atoms with Crippen LogP contribution in [0.5, 0.6) is 0 Å². The molecular formula is C20H26ClF3N4O6. The molecule has 1 aromatic carbocycles. The molecule has 14 heteroatoms. The first-order valence-corrected chi connectivity index (χ1v) is 10.7. The average Bonchev–Trinajstić information content (AvgIpc) is 2.72. The summed E-state index contributed by atoms with van der Waals surface area (Å²) in [6, 6.07) is 4.45. The molecule has 1 atom stereocenters. The molecule has 2 N–H and O–H groups in total. The largest absolute Gasteiger partial charge is 0.490 e. The Balaban J connectivity index is 0.000000509. The van der Waals surface area contributed by atoms with E-state index < -0.39 is 17.1 Å². The molecule has 0 radical (unpaired) electrons. The third kappa shape index (κ3) is 7.71. The number of halogens is 4. The summed E-state index contributed by atoms with van der Waals surface area (Å²) in [5, 5.41) is 21.5. The standard InChI is InChI=1S/C18H25ClN4O4.C2HF3O2/c1-21(2)17(24)20-11-15-10-18(27-15)5-7-22(8-6-18)12-13-9-14(23(25)26)3-4-16(13)19;3-2(4,5)1(6)7/h3-4,9,15H,5-8,10-12H2,1-2H3,(H,20,24);(H,6,7). The van der Waals surface area contributed by atoms with Gasteiger partial charge in [-0.05, 0) is 24.5 Å². The molecule has 3 rings (SSSR count). The van der Waals surface area contributed by atoms with Gasteiger partial charge in [0.1, 0.15) is 0 Å². The number of rotatable bonds is 5. The van der Waals surface area contributed by atoms with Crippen molar-refractivity contribution in [1.29, 1.82) is 0 Å². The minimum Gasteiger partial charge on any atom is -0.475 e. The van der Waals surface area contributed by atoms with E-state index in [1.54, 1.807) is 26.2 Å². The highest BCUT2D eigenvalue weighted by Crippen LogP contribution is 2.41. The highest BCUT2D eigenvalue weighted by Gasteiger charge is 2.47. The van der Waals surface area contributed by atoms with E-state index >= 15 is 0 Å². The van der Waals surface area contributed by atoms with Crippen LogP contribution < -0.4 is 5.32 Å². The number of carbonyl (C=O) groups is 2. The number of hydrogen-bond acceptors (Lipinski definition) is 6. The molecule has 2 aliphatic rings. The summed E-state index contributed by atoms with van der Waals surface area (Å²) in [6.07, 6.45) is -2.23. The number of nitrogens with one attached hydrogen (secondary N) is 1. The van der Waals surface area contributed by atoms with Crippen molar-refractivity contribution < 1.29 is 37.5 Å². The molecule has 2 heterocycles. The van der Waals surface area contributed by atoms with Crippen molar-refractivity contribution in [3.8, 4) is 0 Å². The number of ether oxygens (including phenoxy) is 1. The second-order valence-corrected chi connectivity index (χ2v) is 8.73. The Morgan fingerprint density at radius 1 is 1.35 bits per heavy atom. The maximum absolute atomic E-state index is 11.6. The van der Waals surface area contributed by atoms with Gasteiger partial charge in [0.25, 0.3) is 5.69 Å². The zero-order chi connectivity index (χ0) is 25.7. The first-order chi connectivity index (χ1) is 15.7. The van der Waals surface area contributed by atoms with Crippen LogP contribution in [0.25, 0.3) is 0 Å². The van der Waals surface area contributed by atoms with Gasteiger partial charge in [0.05, 0.1) is 16.6 Å². The molecule has 190 valence electrons. The van der Waals surface area contributed by atoms with E-state index in [-0.39, 0.29) is 23.4 Å². The van der Waals surface area contributed by atoms with Crippen molar-refractivity contribution in [3.05, 3.63) is 38.9 Å². The number of aliphatic carboxylic acids is 1. The summed E-state index contributed by atoms with van der Waals surface area (Å²) < 4.78 is 37.8. The van der Waals surface area contributed by atoms with E-state index in [4.69, 9.17) is 26.2 Å². The van der Waals surface area contributed by atoms with Gasteiger partial charge in [-0.3, -0.25) is 15.0 Å². The van der Waals surface area contributed by atoms with Gasteiger partial charge in [0, 0.05) is 63.9 Å². The quantitative estimate of drug-likeness (QED) is 0.460. The van der Waals surface area contributed by atoms with Crippen LogP contribution in [0.2, 0.25) is 5.02 Å². The van der Waals surface area contributed by atoms with E-state index in [1.807, 2.05) is 0 Å². The lowest BCUT2D eigenvalue weighted by molar-refractivity contribution is -0.384. The SMILES string of the molecule is CN(C)C(=O)NCC1CC2(CCN(Cc3cc([N+](=O)[O-])ccc3Cl)CC2)O1.O=C(O)C(F)(F)F. The van der Waals surface area contributed by atoms with E-state index in [2.05, 4.69) is 10.2 Å². The average molecular weight is 511 g/mol. The number of urea groups is 1. The van der Waals surface area contributed by atoms with Crippen LogP contribution >= 0.6 is 11.6 Å². The fourth-order valence-electron chi connectivity index (χ4n) is 3.71. The van der Waals surface area contributed by atoms with Crippen molar-refractivity contribution >= 4 is 29.3 Å². The highest BCUT2D eigenvalue weighted by atomic mass is 35.5. The van der Waals surface area contributed by atoms with Crippen LogP contribution in [0.15, 0.2) is 18.2 Å². The molecule has 0 saturated carbocycles. The number of likely N-dealkylation sites (tertiary alicyclic amines) is 1. The second-order valence-electron chi connectivity index (χ2n) is 8.32. The van der Waals surface area contributed by atoms with E-state index in [1.165, 1.54) is 11.0 Å². The lowest BCUT2D eigenvalue weighted by atomic mass is 9.80. The molecule has 1 unspecified atom stereocenters. The third-order valence-corrected chi connectivity index (χ3v) is 5.92. The van der Waals surface area contributed by atoms with E-state index in [9.17, 15) is 28.1 Å². The van der Waals surface area contributed by atoms with Crippen molar-refractivity contribution in [3.63, 3.8) is 0 Å². The van der Waals surface area contributed by atoms with Crippen molar-refractivity contribution in [2.75, 3.05) is 33.7 Å². The second kappa shape index (κ2) is 11.2. The molecule has 2 saturated heterocycles. The third-order valence-electron chi connectivity index (χ3n) is 5.55. The maximum atomic E-state index is 11.6. The number of carboxylic acid groups (broad SMARTS) is 1. The Hall–Kier alpha value is -2.64. The van der Waals surface area contributed by atoms with Gasteiger partial charge in [0.2, 0.25) is 0 Å². The number of amides is 2. The number of carbonyl (C=O) groups excluding carboxylic acids is 1. The number of hydrogen-bond donors (Lipinski definition) is 2. The molecule has 0 bridgehead atoms. The summed E-state index contributed by atoms with van der Waals surface area (Å²) in [5.41, 5.74) is 0.754. The predicted molar refractivity (Wildman–Crippen MR) is 116 cm³/mol. The summed E-state index contributed by atoms with van der Waals surface area (Å²) in [6.45, 7) is 2.84. The molecular weight excluding hydrogens is 485 g/mol. The van der Waals surface area contributed by atoms with Gasteiger partial charge in [0.15, 0.2) is 0 Å². The topological polar surface area (TPSA) is 125 Å². The highest BCUT2D eigenvalue weighted by molar-refractivity contribution is 6.31. The minimum absolute atomic E-state index is 0.0628. The number of non-ortho nitro benzene ring substituents is 1. The number of carboxylic acids is 1. The fourth-order valence-corrected chi connectivity index (χ4v) is 3.89. The normalized spacial score (nSPS) is 19.4. The monoisotopic (exact) mass is 510 g/mol. The van der Waals surface area contributed by atoms with Gasteiger partial charge < -0.3 is 20.1 Å². The number of alkyl halides is 3. The van der Waals surface area contributed by atoms with Gasteiger partial charge >= 0.3 is 18.2 Å². The molecule has 34 heavy (non-hydrogen) atoms. The molecule has 1 spiro atoms. The lowest BCUT2D eigenvalue weighted by Crippen LogP contribution is -2.59. The molecule has 10 nitrogen and oxygen atoms in total. The Bertz CT molecular complexity index is 899. The van der Waals surface area contributed by atoms with Crippen LogP contribution in [0.4, 0.5) is 23.7 Å². The van der Waals surface area contributed by atoms with Crippen LogP contribution in [0, 0.1) is 10.1 Å². The molecule has 0 aromatic heterocycles. The summed E-state index contributed by atoms with van der Waals surface area (Å²) >= 11 is 6.20. The van der Waals surface area contributed by atoms with Gasteiger partial charge in [-0.15, -0.1) is 0 Å². The van der Waals surface area contributed by atoms with Crippen LogP contribution in [0.1, 0.15) is 24.8 Å². The number of nitro benzene ring substituents is 1. The maximum Gasteiger partial charge on any atom is 0.490 e. The Labute approximate surface area is 198 Å². The molecule has 1 aromatic rings. The lowest BCUT2D eigenvalue weighted by Gasteiger charge is -2.52. The van der Waals surface area contributed by atoms with Crippen LogP contribution in [-0.4, -0.2) is 83.4 Å². The van der Waals surface area contributed by atoms with Gasteiger partial charge in [-0.25, -0.2) is 9.59 Å². The first-order valence-electron chi connectivity index (χ1n) is 10.3. The van der Waals surface area contributed by atoms with Crippen molar-refractivity contribution in [1.82, 2.24) is 15.1 Å². The summed E-state index contributed by atoms with van der Waals surface area (Å²) in [5.74, 6) is -2.76. The minimum atomic E-state index is -5.08. The molecule has 2 amide bonds. The first kappa shape index (κ1) is 27.6. The predicted octanol–water partition coefficient (Wildman–Crippen LogP) is 3.28. The van der Waals surface area contributed by atoms with E-state index in [0.717, 1.165) is 37.9 Å². The summed E-state index contributed by atoms with van der Waals surface area (Å²) in [4.78, 5) is 34.8. The van der Waals surface area contributed by atoms with Crippen molar-refractivity contribution in [2.24, 2.45) is 0 Å². The molecule has 2 fully saturated rings. The van der Waals surface area contributed by atoms with Gasteiger partial charge in [-0.1, -0.05) is 11.6 Å². The zero-order valence-electron chi connectivity index (χ0n) is 18.6. The molecule has 0 aliphatic carbocycles. The zero-order valence-corrected chi connectivity index (χ0v) is 19.4. The fraction of sp³-hybridized carbons (Fsp3) is 0.600. The number of nitrogens with zero attached hydrogens (tertiary/aromatic N) is 3. The van der Waals surface area contributed by atoms with Crippen LogP contribution in [0.3, 0.4) is 0 Å². The Morgan fingerprint density at radius 3 is 2.38 bits per heavy atom. The van der Waals surface area contributed by atoms with E-state index in [0.29, 0.717) is 18.1 Å². The van der Waals surface area contributed by atoms with Crippen molar-refractivity contribution in [2.45, 2.75) is 43.7 Å². The molecule has 2 aliphatic heterocycles. The summed E-state index contributed by atoms with van der Waals surface area (Å²) in [7, 11) is 3.42. The van der Waals surface area contributed by atoms with Crippen LogP contribution in [-0.2, 0) is 16.1 Å². The Morgan fingerprint density at radius 2 is 1.91 bits per heavy atom. The Kier molecular flexibility index (Phi) is 9.08. The number of piperidine rings is 1. The number of benzene rings is 1.